The summed E-state index contributed by atoms with van der Waals surface area (Å²) in [6.07, 6.45) is 2.36. The van der Waals surface area contributed by atoms with Gasteiger partial charge in [-0.2, -0.15) is 0 Å². The van der Waals surface area contributed by atoms with E-state index in [1.54, 1.807) is 0 Å². The summed E-state index contributed by atoms with van der Waals surface area (Å²) >= 11 is 3.57. The summed E-state index contributed by atoms with van der Waals surface area (Å²) in [6, 6.07) is 15.4. The molecule has 0 aromatic heterocycles. The Morgan fingerprint density at radius 1 is 0.944 bits per heavy atom. The van der Waals surface area contributed by atoms with Gasteiger partial charge in [0.1, 0.15) is 0 Å². The molecule has 0 nitrogen and oxygen atoms in total. The Balaban J connectivity index is 2.11. The van der Waals surface area contributed by atoms with Crippen LogP contribution in [0.1, 0.15) is 35.1 Å². The van der Waals surface area contributed by atoms with E-state index in [0.717, 1.165) is 4.47 Å². The predicted molar refractivity (Wildman–Crippen MR) is 80.8 cm³/mol. The van der Waals surface area contributed by atoms with Crippen molar-refractivity contribution in [3.8, 4) is 0 Å². The van der Waals surface area contributed by atoms with Gasteiger partial charge in [0.15, 0.2) is 0 Å². The average Bonchev–Trinajstić information content (AvgIpc) is 2.67. The van der Waals surface area contributed by atoms with Crippen molar-refractivity contribution in [1.29, 1.82) is 0 Å². The van der Waals surface area contributed by atoms with Crippen LogP contribution in [0.25, 0.3) is 5.57 Å². The molecule has 0 heterocycles. The molecule has 1 unspecified atom stereocenters. The lowest BCUT2D eigenvalue weighted by molar-refractivity contribution is 1.05. The van der Waals surface area contributed by atoms with Gasteiger partial charge in [-0.1, -0.05) is 57.9 Å². The molecule has 0 bridgehead atoms. The van der Waals surface area contributed by atoms with Crippen molar-refractivity contribution in [3.63, 3.8) is 0 Å². The maximum absolute atomic E-state index is 3.57. The van der Waals surface area contributed by atoms with Crippen molar-refractivity contribution < 1.29 is 0 Å². The van der Waals surface area contributed by atoms with Crippen LogP contribution in [0, 0.1) is 6.92 Å². The molecule has 0 spiro atoms. The lowest BCUT2D eigenvalue weighted by Crippen LogP contribution is -1.95. The van der Waals surface area contributed by atoms with Crippen molar-refractivity contribution in [3.05, 3.63) is 75.3 Å². The van der Waals surface area contributed by atoms with Gasteiger partial charge in [0.25, 0.3) is 0 Å². The van der Waals surface area contributed by atoms with Crippen LogP contribution in [-0.2, 0) is 0 Å². The highest BCUT2D eigenvalue weighted by Crippen LogP contribution is 2.40. The second-order valence-electron chi connectivity index (χ2n) is 4.97. The minimum Gasteiger partial charge on any atom is -0.0691 e. The number of aryl methyl sites for hydroxylation is 1. The summed E-state index contributed by atoms with van der Waals surface area (Å²) in [5, 5.41) is 0. The molecule has 1 heteroatoms. The zero-order valence-corrected chi connectivity index (χ0v) is 12.2. The maximum atomic E-state index is 3.57. The van der Waals surface area contributed by atoms with E-state index in [-0.39, 0.29) is 0 Å². The van der Waals surface area contributed by atoms with Gasteiger partial charge in [-0.05, 0) is 48.2 Å². The van der Waals surface area contributed by atoms with E-state index in [0.29, 0.717) is 5.92 Å². The first-order valence-electron chi connectivity index (χ1n) is 6.20. The number of rotatable bonds is 1. The highest BCUT2D eigenvalue weighted by Gasteiger charge is 2.22. The fraction of sp³-hybridized carbons (Fsp3) is 0.176. The van der Waals surface area contributed by atoms with Crippen LogP contribution in [0.4, 0.5) is 0 Å². The largest absolute Gasteiger partial charge is 0.0691 e. The van der Waals surface area contributed by atoms with Gasteiger partial charge >= 0.3 is 0 Å². The Morgan fingerprint density at radius 3 is 2.39 bits per heavy atom. The third kappa shape index (κ3) is 1.93. The molecule has 0 aliphatic heterocycles. The summed E-state index contributed by atoms with van der Waals surface area (Å²) < 4.78 is 1.15. The van der Waals surface area contributed by atoms with Gasteiger partial charge < -0.3 is 0 Å². The Bertz CT molecular complexity index is 621. The molecule has 1 atom stereocenters. The monoisotopic (exact) mass is 298 g/mol. The second-order valence-corrected chi connectivity index (χ2v) is 5.89. The summed E-state index contributed by atoms with van der Waals surface area (Å²) in [5.74, 6) is 0.401. The first-order chi connectivity index (χ1) is 8.65. The molecule has 0 fully saturated rings. The van der Waals surface area contributed by atoms with Crippen LogP contribution in [0.2, 0.25) is 0 Å². The molecule has 1 aliphatic rings. The highest BCUT2D eigenvalue weighted by atomic mass is 79.9. The van der Waals surface area contributed by atoms with E-state index in [1.807, 2.05) is 0 Å². The maximum Gasteiger partial charge on any atom is 0.0281 e. The van der Waals surface area contributed by atoms with E-state index >= 15 is 0 Å². The van der Waals surface area contributed by atoms with E-state index in [4.69, 9.17) is 0 Å². The van der Waals surface area contributed by atoms with E-state index in [9.17, 15) is 0 Å². The molecule has 18 heavy (non-hydrogen) atoms. The molecule has 2 aromatic rings. The molecule has 90 valence electrons. The Morgan fingerprint density at radius 2 is 1.67 bits per heavy atom. The number of benzene rings is 2. The van der Waals surface area contributed by atoms with Crippen molar-refractivity contribution >= 4 is 21.5 Å². The number of hydrogen-bond acceptors (Lipinski definition) is 0. The molecule has 0 radical (unpaired) electrons. The molecule has 0 amide bonds. The zero-order valence-electron chi connectivity index (χ0n) is 10.6. The van der Waals surface area contributed by atoms with Gasteiger partial charge in [0.2, 0.25) is 0 Å². The van der Waals surface area contributed by atoms with E-state index in [1.165, 1.54) is 27.8 Å². The fourth-order valence-electron chi connectivity index (χ4n) is 2.63. The lowest BCUT2D eigenvalue weighted by Gasteiger charge is -2.12. The third-order valence-electron chi connectivity index (χ3n) is 3.63. The Labute approximate surface area is 116 Å². The van der Waals surface area contributed by atoms with Gasteiger partial charge in [-0.15, -0.1) is 0 Å². The average molecular weight is 299 g/mol. The number of hydrogen-bond donors (Lipinski definition) is 0. The Kier molecular flexibility index (Phi) is 2.87. The summed E-state index contributed by atoms with van der Waals surface area (Å²) in [4.78, 5) is 0. The minimum absolute atomic E-state index is 0.401. The van der Waals surface area contributed by atoms with Gasteiger partial charge in [-0.25, -0.2) is 0 Å². The molecule has 0 N–H and O–H groups in total. The number of fused-ring (bicyclic) bond motifs is 1. The smallest absolute Gasteiger partial charge is 0.0281 e. The normalized spacial score (nSPS) is 17.5. The Hall–Kier alpha value is -1.34. The molecule has 2 aromatic carbocycles. The number of allylic oxidation sites excluding steroid dienone is 2. The van der Waals surface area contributed by atoms with Crippen molar-refractivity contribution in [2.24, 2.45) is 0 Å². The number of halogens is 1. The van der Waals surface area contributed by atoms with Crippen LogP contribution in [0.3, 0.4) is 0 Å². The molecule has 3 rings (SSSR count). The van der Waals surface area contributed by atoms with Crippen LogP contribution >= 0.6 is 15.9 Å². The standard InChI is InChI=1S/C17H15Br/c1-11-3-5-13(6-4-11)16-9-12(2)15-8-7-14(18)10-17(15)16/h3-10,16H,1-2H3. The van der Waals surface area contributed by atoms with Crippen molar-refractivity contribution in [2.45, 2.75) is 19.8 Å². The predicted octanol–water partition coefficient (Wildman–Crippen LogP) is 5.31. The molecule has 1 aliphatic carbocycles. The summed E-state index contributed by atoms with van der Waals surface area (Å²) in [6.45, 7) is 4.32. The van der Waals surface area contributed by atoms with E-state index < -0.39 is 0 Å². The SMILES string of the molecule is CC1=CC(c2ccc(C)cc2)c2cc(Br)ccc21. The first kappa shape index (κ1) is 11.7. The lowest BCUT2D eigenvalue weighted by atomic mass is 9.93. The van der Waals surface area contributed by atoms with E-state index in [2.05, 4.69) is 78.3 Å². The van der Waals surface area contributed by atoms with Crippen molar-refractivity contribution in [2.75, 3.05) is 0 Å². The van der Waals surface area contributed by atoms with Crippen LogP contribution < -0.4 is 0 Å². The van der Waals surface area contributed by atoms with Gasteiger partial charge in [-0.3, -0.25) is 0 Å². The minimum atomic E-state index is 0.401. The van der Waals surface area contributed by atoms with Crippen LogP contribution in [0.15, 0.2) is 53.0 Å². The zero-order chi connectivity index (χ0) is 12.7. The second kappa shape index (κ2) is 4.40. The topological polar surface area (TPSA) is 0 Å². The summed E-state index contributed by atoms with van der Waals surface area (Å²) in [7, 11) is 0. The fourth-order valence-corrected chi connectivity index (χ4v) is 3.01. The van der Waals surface area contributed by atoms with Gasteiger partial charge in [0.05, 0.1) is 0 Å². The molecular formula is C17H15Br. The first-order valence-corrected chi connectivity index (χ1v) is 6.99. The van der Waals surface area contributed by atoms with Crippen LogP contribution in [0.5, 0.6) is 0 Å². The molecule has 0 saturated carbocycles. The van der Waals surface area contributed by atoms with Crippen molar-refractivity contribution in [1.82, 2.24) is 0 Å². The van der Waals surface area contributed by atoms with Crippen LogP contribution in [-0.4, -0.2) is 0 Å². The quantitative estimate of drug-likeness (QED) is 0.669. The summed E-state index contributed by atoms with van der Waals surface area (Å²) in [5.41, 5.74) is 6.85. The highest BCUT2D eigenvalue weighted by molar-refractivity contribution is 9.10. The molecule has 0 saturated heterocycles. The van der Waals surface area contributed by atoms with Gasteiger partial charge in [0, 0.05) is 10.4 Å². The molecular weight excluding hydrogens is 284 g/mol. The third-order valence-corrected chi connectivity index (χ3v) is 4.12.